The van der Waals surface area contributed by atoms with E-state index < -0.39 is 12.0 Å². The van der Waals surface area contributed by atoms with Crippen molar-refractivity contribution in [1.82, 2.24) is 25.3 Å². The number of nitrogens with one attached hydrogen (secondary N) is 3. The predicted octanol–water partition coefficient (Wildman–Crippen LogP) is 2.57. The number of phenolic OH excluding ortho intramolecular Hbond substituents is 1. The molecule has 3 aromatic rings. The summed E-state index contributed by atoms with van der Waals surface area (Å²) in [6, 6.07) is 7.97. The fourth-order valence-electron chi connectivity index (χ4n) is 4.04. The third kappa shape index (κ3) is 4.56. The monoisotopic (exact) mass is 452 g/mol. The van der Waals surface area contributed by atoms with E-state index in [2.05, 4.69) is 25.9 Å². The Morgan fingerprint density at radius 2 is 2.12 bits per heavy atom. The zero-order chi connectivity index (χ0) is 23.5. The van der Waals surface area contributed by atoms with E-state index in [0.717, 1.165) is 18.5 Å². The zero-order valence-electron chi connectivity index (χ0n) is 18.2. The van der Waals surface area contributed by atoms with Crippen LogP contribution in [0.4, 0.5) is 10.6 Å². The molecule has 0 saturated heterocycles. The summed E-state index contributed by atoms with van der Waals surface area (Å²) in [6.07, 6.45) is 2.23. The third-order valence-electron chi connectivity index (χ3n) is 5.73. The maximum Gasteiger partial charge on any atom is 0.407 e. The van der Waals surface area contributed by atoms with E-state index in [1.807, 2.05) is 0 Å². The number of aryl methyl sites for hydroxylation is 1. The number of aromatic nitrogens is 4. The molecule has 2 atom stereocenters. The Balaban J connectivity index is 1.45. The molecule has 1 aliphatic carbocycles. The number of aromatic hydroxyl groups is 1. The molecular weight excluding hydrogens is 428 g/mol. The van der Waals surface area contributed by atoms with Crippen LogP contribution in [0.25, 0.3) is 11.3 Å². The summed E-state index contributed by atoms with van der Waals surface area (Å²) < 4.78 is 6.71. The minimum Gasteiger partial charge on any atom is -0.507 e. The summed E-state index contributed by atoms with van der Waals surface area (Å²) in [5.41, 5.74) is 2.03. The summed E-state index contributed by atoms with van der Waals surface area (Å²) in [5, 5.41) is 26.5. The van der Waals surface area contributed by atoms with E-state index >= 15 is 0 Å². The molecule has 2 unspecified atom stereocenters. The van der Waals surface area contributed by atoms with E-state index in [4.69, 9.17) is 4.74 Å². The van der Waals surface area contributed by atoms with Gasteiger partial charge in [0.2, 0.25) is 0 Å². The van der Waals surface area contributed by atoms with Crippen molar-refractivity contribution in [3.8, 4) is 17.0 Å². The van der Waals surface area contributed by atoms with Gasteiger partial charge in [-0.2, -0.15) is 10.2 Å². The SMILES string of the molecule is CNC(=O)OC1CCC(c2cc(NC(=O)c3cc(-c4cccc(O)c4C=O)nn3C)n[nH]2)C1. The number of carbonyl (C=O) groups excluding carboxylic acids is 3. The van der Waals surface area contributed by atoms with Crippen LogP contribution in [-0.2, 0) is 11.8 Å². The van der Waals surface area contributed by atoms with Gasteiger partial charge in [-0.3, -0.25) is 19.4 Å². The molecule has 0 radical (unpaired) electrons. The van der Waals surface area contributed by atoms with Gasteiger partial charge >= 0.3 is 6.09 Å². The van der Waals surface area contributed by atoms with Crippen molar-refractivity contribution >= 4 is 24.1 Å². The highest BCUT2D eigenvalue weighted by Gasteiger charge is 2.30. The maximum absolute atomic E-state index is 12.8. The average Bonchev–Trinajstić information content (AvgIpc) is 3.53. The number of carbonyl (C=O) groups is 3. The van der Waals surface area contributed by atoms with Gasteiger partial charge in [-0.25, -0.2) is 4.79 Å². The molecule has 2 aromatic heterocycles. The molecule has 2 amide bonds. The first-order valence-corrected chi connectivity index (χ1v) is 10.5. The molecule has 0 aliphatic heterocycles. The smallest absolute Gasteiger partial charge is 0.407 e. The number of hydrogen-bond acceptors (Lipinski definition) is 7. The fraction of sp³-hybridized carbons (Fsp3) is 0.318. The lowest BCUT2D eigenvalue weighted by molar-refractivity contribution is 0.101. The van der Waals surface area contributed by atoms with E-state index in [1.54, 1.807) is 31.3 Å². The number of rotatable bonds is 6. The lowest BCUT2D eigenvalue weighted by atomic mass is 10.0. The van der Waals surface area contributed by atoms with Crippen molar-refractivity contribution in [1.29, 1.82) is 0 Å². The van der Waals surface area contributed by atoms with Crippen molar-refractivity contribution in [2.75, 3.05) is 12.4 Å². The molecule has 172 valence electrons. The first-order chi connectivity index (χ1) is 15.9. The Hall–Kier alpha value is -4.15. The number of anilines is 1. The second-order valence-corrected chi connectivity index (χ2v) is 7.84. The fourth-order valence-corrected chi connectivity index (χ4v) is 4.04. The number of nitrogens with zero attached hydrogens (tertiary/aromatic N) is 3. The Morgan fingerprint density at radius 3 is 2.88 bits per heavy atom. The number of ether oxygens (including phenoxy) is 1. The highest BCUT2D eigenvalue weighted by Crippen LogP contribution is 2.36. The average molecular weight is 452 g/mol. The van der Waals surface area contributed by atoms with Gasteiger partial charge in [-0.15, -0.1) is 0 Å². The summed E-state index contributed by atoms with van der Waals surface area (Å²) in [6.45, 7) is 0. The lowest BCUT2D eigenvalue weighted by Gasteiger charge is -2.11. The Labute approximate surface area is 189 Å². The van der Waals surface area contributed by atoms with Crippen LogP contribution in [-0.4, -0.2) is 56.5 Å². The summed E-state index contributed by atoms with van der Waals surface area (Å²) >= 11 is 0. The number of aldehydes is 1. The highest BCUT2D eigenvalue weighted by atomic mass is 16.6. The van der Waals surface area contributed by atoms with Crippen LogP contribution in [0.3, 0.4) is 0 Å². The van der Waals surface area contributed by atoms with Gasteiger partial charge in [-0.1, -0.05) is 12.1 Å². The Kier molecular flexibility index (Phi) is 6.11. The standard InChI is InChI=1S/C22H24N6O5/c1-23-22(32)33-13-7-6-12(8-13)16-10-20(26-25-16)24-21(31)18-9-17(27-28(18)2)14-4-3-5-19(30)15(14)11-29/h3-5,9-13,30H,6-8H2,1-2H3,(H,23,32)(H2,24,25,26,31). The molecule has 4 N–H and O–H groups in total. The second-order valence-electron chi connectivity index (χ2n) is 7.84. The molecule has 0 spiro atoms. The van der Waals surface area contributed by atoms with Gasteiger partial charge in [0.1, 0.15) is 17.5 Å². The van der Waals surface area contributed by atoms with Gasteiger partial charge in [0, 0.05) is 37.3 Å². The van der Waals surface area contributed by atoms with Crippen molar-refractivity contribution in [2.24, 2.45) is 7.05 Å². The van der Waals surface area contributed by atoms with Crippen LogP contribution >= 0.6 is 0 Å². The van der Waals surface area contributed by atoms with Gasteiger partial charge in [-0.05, 0) is 31.4 Å². The van der Waals surface area contributed by atoms with Gasteiger partial charge in [0.15, 0.2) is 12.1 Å². The zero-order valence-corrected chi connectivity index (χ0v) is 18.2. The quantitative estimate of drug-likeness (QED) is 0.420. The Bertz CT molecular complexity index is 1200. The summed E-state index contributed by atoms with van der Waals surface area (Å²) in [7, 11) is 3.14. The van der Waals surface area contributed by atoms with Crippen molar-refractivity contribution in [2.45, 2.75) is 31.3 Å². The normalized spacial score (nSPS) is 17.5. The van der Waals surface area contributed by atoms with Crippen LogP contribution < -0.4 is 10.6 Å². The van der Waals surface area contributed by atoms with Crippen molar-refractivity contribution < 1.29 is 24.2 Å². The molecule has 33 heavy (non-hydrogen) atoms. The van der Waals surface area contributed by atoms with E-state index in [1.165, 1.54) is 17.8 Å². The number of benzene rings is 1. The van der Waals surface area contributed by atoms with Gasteiger partial charge < -0.3 is 20.5 Å². The van der Waals surface area contributed by atoms with Crippen LogP contribution in [0.5, 0.6) is 5.75 Å². The molecule has 1 fully saturated rings. The highest BCUT2D eigenvalue weighted by molar-refractivity contribution is 6.03. The predicted molar refractivity (Wildman–Crippen MR) is 118 cm³/mol. The van der Waals surface area contributed by atoms with E-state index in [9.17, 15) is 19.5 Å². The maximum atomic E-state index is 12.8. The summed E-state index contributed by atoms with van der Waals surface area (Å²) in [5.74, 6) is -0.0690. The minimum atomic E-state index is -0.445. The van der Waals surface area contributed by atoms with Gasteiger partial charge in [0.25, 0.3) is 5.91 Å². The number of hydrogen-bond donors (Lipinski definition) is 4. The third-order valence-corrected chi connectivity index (χ3v) is 5.73. The number of aromatic amines is 1. The Morgan fingerprint density at radius 1 is 1.30 bits per heavy atom. The molecule has 1 saturated carbocycles. The molecule has 1 aromatic carbocycles. The number of amides is 2. The van der Waals surface area contributed by atoms with Crippen LogP contribution in [0, 0.1) is 0 Å². The number of phenols is 1. The molecule has 1 aliphatic rings. The molecule has 11 heteroatoms. The first kappa shape index (κ1) is 22.1. The molecule has 4 rings (SSSR count). The van der Waals surface area contributed by atoms with E-state index in [0.29, 0.717) is 29.8 Å². The van der Waals surface area contributed by atoms with Crippen molar-refractivity contribution in [3.63, 3.8) is 0 Å². The van der Waals surface area contributed by atoms with E-state index in [-0.39, 0.29) is 29.0 Å². The number of alkyl carbamates (subject to hydrolysis) is 1. The molecule has 0 bridgehead atoms. The lowest BCUT2D eigenvalue weighted by Crippen LogP contribution is -2.24. The van der Waals surface area contributed by atoms with Crippen LogP contribution in [0.1, 0.15) is 51.7 Å². The second kappa shape index (κ2) is 9.15. The van der Waals surface area contributed by atoms with Crippen LogP contribution in [0.2, 0.25) is 0 Å². The molecule has 2 heterocycles. The minimum absolute atomic E-state index is 0.106. The van der Waals surface area contributed by atoms with Crippen LogP contribution in [0.15, 0.2) is 30.3 Å². The topological polar surface area (TPSA) is 151 Å². The largest absolute Gasteiger partial charge is 0.507 e. The summed E-state index contributed by atoms with van der Waals surface area (Å²) in [4.78, 5) is 35.6. The number of H-pyrrole nitrogens is 1. The molecule has 11 nitrogen and oxygen atoms in total. The van der Waals surface area contributed by atoms with Gasteiger partial charge in [0.05, 0.1) is 11.3 Å². The first-order valence-electron chi connectivity index (χ1n) is 10.5. The van der Waals surface area contributed by atoms with Crippen molar-refractivity contribution in [3.05, 3.63) is 47.3 Å². The molecular formula is C22H24N6O5.